The summed E-state index contributed by atoms with van der Waals surface area (Å²) in [6.07, 6.45) is 4.30. The van der Waals surface area contributed by atoms with Crippen LogP contribution in [0.15, 0.2) is 24.3 Å². The molecule has 4 atom stereocenters. The fraction of sp³-hybridized carbons (Fsp3) is 0.611. The molecule has 2 aliphatic carbocycles. The highest BCUT2D eigenvalue weighted by atomic mass is 16.5. The standard InChI is InChI=1S/C18H26N2O3/c1-23-15-4-2-3-12(9-15)7-8-19-18(22)20-17-14-6-5-13(10-14)16(17)11-21/h2-4,9,13-14,16-17,21H,5-8,10-11H2,1H3,(H2,19,20,22). The molecule has 0 radical (unpaired) electrons. The molecule has 126 valence electrons. The topological polar surface area (TPSA) is 70.6 Å². The number of carbonyl (C=O) groups is 1. The first-order valence-corrected chi connectivity index (χ1v) is 8.49. The van der Waals surface area contributed by atoms with Gasteiger partial charge in [0.2, 0.25) is 0 Å². The maximum absolute atomic E-state index is 12.1. The molecule has 3 rings (SSSR count). The van der Waals surface area contributed by atoms with E-state index in [2.05, 4.69) is 10.6 Å². The zero-order chi connectivity index (χ0) is 16.2. The van der Waals surface area contributed by atoms with Crippen LogP contribution in [0.5, 0.6) is 5.75 Å². The van der Waals surface area contributed by atoms with Gasteiger partial charge in [0.05, 0.1) is 7.11 Å². The van der Waals surface area contributed by atoms with Crippen LogP contribution in [0.1, 0.15) is 24.8 Å². The second-order valence-electron chi connectivity index (χ2n) is 6.71. The fourth-order valence-electron chi connectivity index (χ4n) is 4.25. The Labute approximate surface area is 137 Å². The second-order valence-corrected chi connectivity index (χ2v) is 6.71. The summed E-state index contributed by atoms with van der Waals surface area (Å²) < 4.78 is 5.20. The van der Waals surface area contributed by atoms with Crippen molar-refractivity contribution in [2.24, 2.45) is 17.8 Å². The lowest BCUT2D eigenvalue weighted by atomic mass is 9.85. The molecule has 0 heterocycles. The van der Waals surface area contributed by atoms with Crippen LogP contribution in [0, 0.1) is 17.8 Å². The number of nitrogens with one attached hydrogen (secondary N) is 2. The van der Waals surface area contributed by atoms with Crippen molar-refractivity contribution in [3.8, 4) is 5.75 Å². The highest BCUT2D eigenvalue weighted by Crippen LogP contribution is 2.48. The molecule has 1 aromatic carbocycles. The summed E-state index contributed by atoms with van der Waals surface area (Å²) in [6.45, 7) is 0.763. The average molecular weight is 318 g/mol. The van der Waals surface area contributed by atoms with Crippen LogP contribution in [-0.4, -0.2) is 37.4 Å². The van der Waals surface area contributed by atoms with Crippen LogP contribution in [0.3, 0.4) is 0 Å². The number of methoxy groups -OCH3 is 1. The number of hydrogen-bond donors (Lipinski definition) is 3. The molecule has 2 bridgehead atoms. The molecule has 0 saturated heterocycles. The van der Waals surface area contributed by atoms with E-state index < -0.39 is 0 Å². The van der Waals surface area contributed by atoms with Gasteiger partial charge >= 0.3 is 6.03 Å². The van der Waals surface area contributed by atoms with Gasteiger partial charge in [0, 0.05) is 25.1 Å². The van der Waals surface area contributed by atoms with Gasteiger partial charge in [-0.25, -0.2) is 4.79 Å². The van der Waals surface area contributed by atoms with Crippen molar-refractivity contribution in [2.45, 2.75) is 31.7 Å². The summed E-state index contributed by atoms with van der Waals surface area (Å²) in [5.74, 6) is 2.20. The highest BCUT2D eigenvalue weighted by molar-refractivity contribution is 5.74. The summed E-state index contributed by atoms with van der Waals surface area (Å²) in [7, 11) is 1.65. The van der Waals surface area contributed by atoms with Crippen LogP contribution >= 0.6 is 0 Å². The Morgan fingerprint density at radius 1 is 1.35 bits per heavy atom. The molecule has 5 nitrogen and oxygen atoms in total. The number of rotatable bonds is 6. The maximum Gasteiger partial charge on any atom is 0.315 e. The van der Waals surface area contributed by atoms with Crippen LogP contribution < -0.4 is 15.4 Å². The Kier molecular flexibility index (Phi) is 5.06. The minimum absolute atomic E-state index is 0.121. The number of aliphatic hydroxyl groups is 1. The summed E-state index contributed by atoms with van der Waals surface area (Å²) in [5, 5.41) is 15.6. The summed E-state index contributed by atoms with van der Waals surface area (Å²) in [4.78, 5) is 12.1. The first kappa shape index (κ1) is 16.1. The molecule has 0 aromatic heterocycles. The Morgan fingerprint density at radius 2 is 2.17 bits per heavy atom. The summed E-state index contributed by atoms with van der Waals surface area (Å²) in [6, 6.07) is 7.89. The Bertz CT molecular complexity index is 549. The third-order valence-corrected chi connectivity index (χ3v) is 5.43. The quantitative estimate of drug-likeness (QED) is 0.751. The molecule has 2 fully saturated rings. The fourth-order valence-corrected chi connectivity index (χ4v) is 4.25. The molecule has 2 aliphatic rings. The van der Waals surface area contributed by atoms with E-state index in [4.69, 9.17) is 4.74 Å². The summed E-state index contributed by atoms with van der Waals surface area (Å²) in [5.41, 5.74) is 1.14. The smallest absolute Gasteiger partial charge is 0.315 e. The zero-order valence-corrected chi connectivity index (χ0v) is 13.6. The van der Waals surface area contributed by atoms with Crippen molar-refractivity contribution < 1.29 is 14.6 Å². The minimum atomic E-state index is -0.121. The Balaban J connectivity index is 1.44. The van der Waals surface area contributed by atoms with Gasteiger partial charge in [0.25, 0.3) is 0 Å². The molecular formula is C18H26N2O3. The highest BCUT2D eigenvalue weighted by Gasteiger charge is 2.47. The number of ether oxygens (including phenoxy) is 1. The van der Waals surface area contributed by atoms with E-state index >= 15 is 0 Å². The number of benzene rings is 1. The van der Waals surface area contributed by atoms with E-state index in [0.29, 0.717) is 18.4 Å². The van der Waals surface area contributed by atoms with Gasteiger partial charge in [-0.1, -0.05) is 12.1 Å². The van der Waals surface area contributed by atoms with E-state index in [-0.39, 0.29) is 24.6 Å². The summed E-state index contributed by atoms with van der Waals surface area (Å²) >= 11 is 0. The number of urea groups is 1. The first-order valence-electron chi connectivity index (χ1n) is 8.49. The van der Waals surface area contributed by atoms with E-state index in [1.54, 1.807) is 7.11 Å². The van der Waals surface area contributed by atoms with Crippen molar-refractivity contribution in [3.63, 3.8) is 0 Å². The molecule has 0 spiro atoms. The zero-order valence-electron chi connectivity index (χ0n) is 13.6. The first-order chi connectivity index (χ1) is 11.2. The monoisotopic (exact) mass is 318 g/mol. The van der Waals surface area contributed by atoms with Crippen LogP contribution in [-0.2, 0) is 6.42 Å². The van der Waals surface area contributed by atoms with Gasteiger partial charge in [-0.2, -0.15) is 0 Å². The van der Waals surface area contributed by atoms with Gasteiger partial charge < -0.3 is 20.5 Å². The van der Waals surface area contributed by atoms with Crippen molar-refractivity contribution in [2.75, 3.05) is 20.3 Å². The molecule has 3 N–H and O–H groups in total. The molecule has 5 heteroatoms. The van der Waals surface area contributed by atoms with Gasteiger partial charge in [-0.3, -0.25) is 0 Å². The largest absolute Gasteiger partial charge is 0.497 e. The van der Waals surface area contributed by atoms with Crippen LogP contribution in [0.25, 0.3) is 0 Å². The molecule has 0 aliphatic heterocycles. The van der Waals surface area contributed by atoms with Gasteiger partial charge in [0.1, 0.15) is 5.75 Å². The number of carbonyl (C=O) groups excluding carboxylic acids is 1. The predicted octanol–water partition coefficient (Wildman–Crippen LogP) is 1.94. The maximum atomic E-state index is 12.1. The molecule has 1 aromatic rings. The molecular weight excluding hydrogens is 292 g/mol. The predicted molar refractivity (Wildman–Crippen MR) is 88.4 cm³/mol. The third-order valence-electron chi connectivity index (χ3n) is 5.43. The number of fused-ring (bicyclic) bond motifs is 2. The second kappa shape index (κ2) is 7.21. The van der Waals surface area contributed by atoms with E-state index in [0.717, 1.165) is 24.2 Å². The molecule has 4 unspecified atom stereocenters. The van der Waals surface area contributed by atoms with Crippen molar-refractivity contribution >= 4 is 6.03 Å². The van der Waals surface area contributed by atoms with Crippen molar-refractivity contribution in [1.82, 2.24) is 10.6 Å². The normalized spacial score (nSPS) is 28.6. The Morgan fingerprint density at radius 3 is 2.96 bits per heavy atom. The van der Waals surface area contributed by atoms with Crippen molar-refractivity contribution in [1.29, 1.82) is 0 Å². The minimum Gasteiger partial charge on any atom is -0.497 e. The van der Waals surface area contributed by atoms with Gasteiger partial charge in [-0.15, -0.1) is 0 Å². The Hall–Kier alpha value is -1.75. The van der Waals surface area contributed by atoms with Gasteiger partial charge in [0.15, 0.2) is 0 Å². The van der Waals surface area contributed by atoms with E-state index in [9.17, 15) is 9.90 Å². The number of hydrogen-bond acceptors (Lipinski definition) is 3. The molecule has 23 heavy (non-hydrogen) atoms. The van der Waals surface area contributed by atoms with Crippen LogP contribution in [0.2, 0.25) is 0 Å². The van der Waals surface area contributed by atoms with Crippen LogP contribution in [0.4, 0.5) is 4.79 Å². The lowest BCUT2D eigenvalue weighted by Crippen LogP contribution is -2.49. The molecule has 2 saturated carbocycles. The van der Waals surface area contributed by atoms with E-state index in [1.807, 2.05) is 24.3 Å². The third kappa shape index (κ3) is 3.61. The lowest BCUT2D eigenvalue weighted by Gasteiger charge is -2.30. The molecule has 2 amide bonds. The van der Waals surface area contributed by atoms with Crippen molar-refractivity contribution in [3.05, 3.63) is 29.8 Å². The SMILES string of the molecule is COc1cccc(CCNC(=O)NC2C3CCC(C3)C2CO)c1. The number of aliphatic hydroxyl groups excluding tert-OH is 1. The lowest BCUT2D eigenvalue weighted by molar-refractivity contribution is 0.144. The average Bonchev–Trinajstić information content (AvgIpc) is 3.16. The number of amides is 2. The van der Waals surface area contributed by atoms with E-state index in [1.165, 1.54) is 12.8 Å². The van der Waals surface area contributed by atoms with Gasteiger partial charge in [-0.05, 0) is 55.2 Å².